The smallest absolute Gasteiger partial charge is 0.231 e. The van der Waals surface area contributed by atoms with Crippen molar-refractivity contribution < 1.29 is 0 Å². The Bertz CT molecular complexity index is 425. The third-order valence-corrected chi connectivity index (χ3v) is 4.01. The zero-order chi connectivity index (χ0) is 13.1. The van der Waals surface area contributed by atoms with Gasteiger partial charge >= 0.3 is 0 Å². The summed E-state index contributed by atoms with van der Waals surface area (Å²) in [5.74, 6) is 2.94. The van der Waals surface area contributed by atoms with Crippen LogP contribution in [-0.2, 0) is 0 Å². The maximum atomic E-state index is 4.55. The molecule has 0 atom stereocenters. The molecule has 6 heteroatoms. The van der Waals surface area contributed by atoms with Crippen molar-refractivity contribution in [3.63, 3.8) is 0 Å². The molecule has 2 heterocycles. The number of aromatic nitrogens is 3. The SMILES string of the molecule is CNc1nc(NCC2CCC2)nc(N2CCCC2)n1. The van der Waals surface area contributed by atoms with E-state index in [9.17, 15) is 0 Å². The molecule has 19 heavy (non-hydrogen) atoms. The van der Waals surface area contributed by atoms with Crippen LogP contribution in [0.3, 0.4) is 0 Å². The lowest BCUT2D eigenvalue weighted by Crippen LogP contribution is -2.24. The standard InChI is InChI=1S/C13H22N6/c1-14-11-16-12(15-9-10-5-4-6-10)18-13(17-11)19-7-2-3-8-19/h10H,2-9H2,1H3,(H2,14,15,16,17,18). The average molecular weight is 262 g/mol. The van der Waals surface area contributed by atoms with Gasteiger partial charge < -0.3 is 15.5 Å². The summed E-state index contributed by atoms with van der Waals surface area (Å²) in [5, 5.41) is 6.37. The molecular formula is C13H22N6. The number of nitrogens with zero attached hydrogens (tertiary/aromatic N) is 4. The van der Waals surface area contributed by atoms with E-state index in [2.05, 4.69) is 30.5 Å². The highest BCUT2D eigenvalue weighted by molar-refractivity contribution is 5.44. The summed E-state index contributed by atoms with van der Waals surface area (Å²) in [6, 6.07) is 0. The fraction of sp³-hybridized carbons (Fsp3) is 0.769. The van der Waals surface area contributed by atoms with E-state index in [1.165, 1.54) is 32.1 Å². The second-order valence-corrected chi connectivity index (χ2v) is 5.40. The molecule has 6 nitrogen and oxygen atoms in total. The van der Waals surface area contributed by atoms with Crippen molar-refractivity contribution in [3.8, 4) is 0 Å². The predicted molar refractivity (Wildman–Crippen MR) is 76.7 cm³/mol. The molecule has 2 aliphatic rings. The first-order valence-corrected chi connectivity index (χ1v) is 7.28. The molecule has 1 aromatic heterocycles. The molecule has 0 amide bonds. The summed E-state index contributed by atoms with van der Waals surface area (Å²) in [5.41, 5.74) is 0. The van der Waals surface area contributed by atoms with Crippen LogP contribution < -0.4 is 15.5 Å². The third-order valence-electron chi connectivity index (χ3n) is 4.01. The zero-order valence-electron chi connectivity index (χ0n) is 11.5. The van der Waals surface area contributed by atoms with Crippen molar-refractivity contribution in [1.82, 2.24) is 15.0 Å². The zero-order valence-corrected chi connectivity index (χ0v) is 11.5. The molecule has 1 aliphatic carbocycles. The number of anilines is 3. The number of nitrogens with one attached hydrogen (secondary N) is 2. The molecule has 1 saturated heterocycles. The quantitative estimate of drug-likeness (QED) is 0.842. The Morgan fingerprint density at radius 1 is 1.05 bits per heavy atom. The molecule has 0 bridgehead atoms. The van der Waals surface area contributed by atoms with Crippen molar-refractivity contribution in [1.29, 1.82) is 0 Å². The van der Waals surface area contributed by atoms with Crippen molar-refractivity contribution in [2.24, 2.45) is 5.92 Å². The van der Waals surface area contributed by atoms with Crippen molar-refractivity contribution >= 4 is 17.8 Å². The Morgan fingerprint density at radius 3 is 2.42 bits per heavy atom. The fourth-order valence-electron chi connectivity index (χ4n) is 2.55. The fourth-order valence-corrected chi connectivity index (χ4v) is 2.55. The minimum Gasteiger partial charge on any atom is -0.357 e. The largest absolute Gasteiger partial charge is 0.357 e. The normalized spacial score (nSPS) is 19.3. The first kappa shape index (κ1) is 12.4. The van der Waals surface area contributed by atoms with Gasteiger partial charge in [0.1, 0.15) is 0 Å². The maximum Gasteiger partial charge on any atom is 0.231 e. The third kappa shape index (κ3) is 2.88. The van der Waals surface area contributed by atoms with Gasteiger partial charge in [0, 0.05) is 26.7 Å². The van der Waals surface area contributed by atoms with Gasteiger partial charge in [0.05, 0.1) is 0 Å². The average Bonchev–Trinajstić information content (AvgIpc) is 2.90. The second kappa shape index (κ2) is 5.59. The van der Waals surface area contributed by atoms with Crippen LogP contribution in [-0.4, -0.2) is 41.6 Å². The highest BCUT2D eigenvalue weighted by Crippen LogP contribution is 2.26. The molecule has 1 saturated carbocycles. The van der Waals surface area contributed by atoms with E-state index in [1.54, 1.807) is 0 Å². The van der Waals surface area contributed by atoms with E-state index in [4.69, 9.17) is 0 Å². The van der Waals surface area contributed by atoms with Crippen LogP contribution in [0.1, 0.15) is 32.1 Å². The van der Waals surface area contributed by atoms with E-state index in [1.807, 2.05) is 7.05 Å². The Hall–Kier alpha value is -1.59. The topological polar surface area (TPSA) is 66.0 Å². The van der Waals surface area contributed by atoms with Gasteiger partial charge in [-0.1, -0.05) is 6.42 Å². The van der Waals surface area contributed by atoms with Crippen LogP contribution in [0.25, 0.3) is 0 Å². The van der Waals surface area contributed by atoms with Crippen LogP contribution in [0.5, 0.6) is 0 Å². The Labute approximate surface area is 114 Å². The molecule has 2 fully saturated rings. The van der Waals surface area contributed by atoms with E-state index >= 15 is 0 Å². The van der Waals surface area contributed by atoms with E-state index in [-0.39, 0.29) is 0 Å². The predicted octanol–water partition coefficient (Wildman–Crippen LogP) is 1.73. The van der Waals surface area contributed by atoms with Gasteiger partial charge in [0.25, 0.3) is 0 Å². The summed E-state index contributed by atoms with van der Waals surface area (Å²) in [6.07, 6.45) is 6.48. The molecule has 3 rings (SSSR count). The summed E-state index contributed by atoms with van der Waals surface area (Å²) in [6.45, 7) is 3.08. The van der Waals surface area contributed by atoms with Crippen LogP contribution in [0.4, 0.5) is 17.8 Å². The number of hydrogen-bond acceptors (Lipinski definition) is 6. The van der Waals surface area contributed by atoms with Crippen molar-refractivity contribution in [2.75, 3.05) is 42.2 Å². The van der Waals surface area contributed by atoms with Crippen molar-refractivity contribution in [3.05, 3.63) is 0 Å². The molecule has 1 aromatic rings. The maximum absolute atomic E-state index is 4.55. The molecule has 0 spiro atoms. The molecule has 2 N–H and O–H groups in total. The molecular weight excluding hydrogens is 240 g/mol. The van der Waals surface area contributed by atoms with Crippen molar-refractivity contribution in [2.45, 2.75) is 32.1 Å². The van der Waals surface area contributed by atoms with E-state index in [0.717, 1.165) is 31.5 Å². The summed E-state index contributed by atoms with van der Waals surface area (Å²) >= 11 is 0. The molecule has 0 unspecified atom stereocenters. The first-order chi connectivity index (χ1) is 9.35. The van der Waals surface area contributed by atoms with Gasteiger partial charge in [-0.2, -0.15) is 15.0 Å². The summed E-state index contributed by atoms with van der Waals surface area (Å²) < 4.78 is 0. The lowest BCUT2D eigenvalue weighted by molar-refractivity contribution is 0.333. The van der Waals surface area contributed by atoms with Gasteiger partial charge in [-0.3, -0.25) is 0 Å². The van der Waals surface area contributed by atoms with Gasteiger partial charge in [-0.25, -0.2) is 0 Å². The van der Waals surface area contributed by atoms with Gasteiger partial charge in [-0.15, -0.1) is 0 Å². The minimum absolute atomic E-state index is 0.646. The monoisotopic (exact) mass is 262 g/mol. The lowest BCUT2D eigenvalue weighted by atomic mass is 9.85. The Balaban J connectivity index is 1.71. The molecule has 104 valence electrons. The minimum atomic E-state index is 0.646. The van der Waals surface area contributed by atoms with E-state index in [0.29, 0.717) is 11.9 Å². The first-order valence-electron chi connectivity index (χ1n) is 7.28. The van der Waals surface area contributed by atoms with Gasteiger partial charge in [0.15, 0.2) is 0 Å². The van der Waals surface area contributed by atoms with E-state index < -0.39 is 0 Å². The van der Waals surface area contributed by atoms with Crippen LogP contribution in [0.15, 0.2) is 0 Å². The van der Waals surface area contributed by atoms with Crippen LogP contribution in [0.2, 0.25) is 0 Å². The number of rotatable bonds is 5. The Kier molecular flexibility index (Phi) is 3.66. The highest BCUT2D eigenvalue weighted by atomic mass is 15.3. The molecule has 0 radical (unpaired) electrons. The highest BCUT2D eigenvalue weighted by Gasteiger charge is 2.19. The van der Waals surface area contributed by atoms with Gasteiger partial charge in [0.2, 0.25) is 17.8 Å². The molecule has 1 aliphatic heterocycles. The summed E-state index contributed by atoms with van der Waals surface area (Å²) in [7, 11) is 1.85. The van der Waals surface area contributed by atoms with Crippen LogP contribution in [0, 0.1) is 5.92 Å². The summed E-state index contributed by atoms with van der Waals surface area (Å²) in [4.78, 5) is 15.6. The Morgan fingerprint density at radius 2 is 1.79 bits per heavy atom. The van der Waals surface area contributed by atoms with Crippen LogP contribution >= 0.6 is 0 Å². The molecule has 0 aromatic carbocycles. The van der Waals surface area contributed by atoms with Gasteiger partial charge in [-0.05, 0) is 31.6 Å². The number of hydrogen-bond donors (Lipinski definition) is 2. The lowest BCUT2D eigenvalue weighted by Gasteiger charge is -2.25. The second-order valence-electron chi connectivity index (χ2n) is 5.40.